The van der Waals surface area contributed by atoms with E-state index in [1.54, 1.807) is 4.90 Å². The average molecular weight is 277 g/mol. The highest BCUT2D eigenvalue weighted by molar-refractivity contribution is 5.48. The first-order valence-electron chi connectivity index (χ1n) is 6.07. The molecule has 0 aromatic carbocycles. The van der Waals surface area contributed by atoms with Gasteiger partial charge in [0.15, 0.2) is 0 Å². The van der Waals surface area contributed by atoms with E-state index in [0.29, 0.717) is 25.1 Å². The fraction of sp³-hybridized carbons (Fsp3) is 0.583. The average Bonchev–Trinajstić information content (AvgIpc) is 2.38. The van der Waals surface area contributed by atoms with Crippen molar-refractivity contribution in [1.82, 2.24) is 4.98 Å². The number of hydrogen-bond donors (Lipinski definition) is 2. The van der Waals surface area contributed by atoms with Gasteiger partial charge in [0.25, 0.3) is 0 Å². The van der Waals surface area contributed by atoms with Crippen molar-refractivity contribution in [1.29, 1.82) is 0 Å². The molecule has 3 N–H and O–H groups in total. The van der Waals surface area contributed by atoms with Gasteiger partial charge in [0.05, 0.1) is 0 Å². The van der Waals surface area contributed by atoms with E-state index in [-0.39, 0.29) is 19.0 Å². The number of rotatable bonds is 6. The normalized spacial score (nSPS) is 11.7. The number of aliphatic hydroxyl groups is 1. The lowest BCUT2D eigenvalue weighted by Gasteiger charge is -2.24. The smallest absolute Gasteiger partial charge is 0.396 e. The van der Waals surface area contributed by atoms with Crippen molar-refractivity contribution in [2.24, 2.45) is 5.73 Å². The number of aliphatic hydroxyl groups excluding tert-OH is 1. The van der Waals surface area contributed by atoms with Crippen molar-refractivity contribution < 1.29 is 18.3 Å². The first kappa shape index (κ1) is 15.7. The Kier molecular flexibility index (Phi) is 5.56. The fourth-order valence-corrected chi connectivity index (χ4v) is 1.74. The fourth-order valence-electron chi connectivity index (χ4n) is 1.74. The van der Waals surface area contributed by atoms with Crippen molar-refractivity contribution in [3.8, 4) is 0 Å². The summed E-state index contributed by atoms with van der Waals surface area (Å²) in [5, 5.41) is 8.82. The van der Waals surface area contributed by atoms with Gasteiger partial charge >= 0.3 is 6.18 Å². The molecule has 1 heterocycles. The second-order valence-electron chi connectivity index (χ2n) is 4.04. The van der Waals surface area contributed by atoms with Gasteiger partial charge in [-0.1, -0.05) is 6.07 Å². The van der Waals surface area contributed by atoms with Gasteiger partial charge < -0.3 is 15.7 Å². The summed E-state index contributed by atoms with van der Waals surface area (Å²) in [5.74, 6) is 0.244. The van der Waals surface area contributed by atoms with Gasteiger partial charge in [0.2, 0.25) is 0 Å². The van der Waals surface area contributed by atoms with E-state index < -0.39 is 11.9 Å². The third kappa shape index (κ3) is 4.07. The summed E-state index contributed by atoms with van der Waals surface area (Å²) in [5.41, 5.74) is 5.17. The molecule has 0 aliphatic carbocycles. The molecule has 0 bridgehead atoms. The van der Waals surface area contributed by atoms with Crippen LogP contribution in [0.5, 0.6) is 0 Å². The largest absolute Gasteiger partial charge is 0.433 e. The van der Waals surface area contributed by atoms with Gasteiger partial charge in [-0.3, -0.25) is 0 Å². The number of hydrogen-bond acceptors (Lipinski definition) is 4. The quantitative estimate of drug-likeness (QED) is 0.832. The zero-order valence-corrected chi connectivity index (χ0v) is 10.7. The third-order valence-electron chi connectivity index (χ3n) is 2.73. The van der Waals surface area contributed by atoms with Crippen LogP contribution in [0.4, 0.5) is 19.0 Å². The molecule has 0 unspecified atom stereocenters. The van der Waals surface area contributed by atoms with E-state index >= 15 is 0 Å². The van der Waals surface area contributed by atoms with Crippen molar-refractivity contribution in [3.63, 3.8) is 0 Å². The molecule has 0 radical (unpaired) electrons. The van der Waals surface area contributed by atoms with Crippen LogP contribution in [0.1, 0.15) is 24.6 Å². The minimum Gasteiger partial charge on any atom is -0.396 e. The highest BCUT2D eigenvalue weighted by Gasteiger charge is 2.33. The molecular weight excluding hydrogens is 259 g/mol. The summed E-state index contributed by atoms with van der Waals surface area (Å²) in [4.78, 5) is 5.37. The zero-order chi connectivity index (χ0) is 14.5. The molecule has 0 aliphatic rings. The molecule has 0 aliphatic heterocycles. The van der Waals surface area contributed by atoms with Gasteiger partial charge in [-0.2, -0.15) is 13.2 Å². The molecule has 108 valence electrons. The highest BCUT2D eigenvalue weighted by atomic mass is 19.4. The summed E-state index contributed by atoms with van der Waals surface area (Å²) in [6.45, 7) is 2.86. The Morgan fingerprint density at radius 1 is 1.37 bits per heavy atom. The zero-order valence-electron chi connectivity index (χ0n) is 10.7. The summed E-state index contributed by atoms with van der Waals surface area (Å²) in [6, 6.07) is 2.29. The Morgan fingerprint density at radius 2 is 2.05 bits per heavy atom. The van der Waals surface area contributed by atoms with E-state index in [0.717, 1.165) is 6.07 Å². The Bertz CT molecular complexity index is 410. The van der Waals surface area contributed by atoms with E-state index in [2.05, 4.69) is 4.98 Å². The number of nitrogens with two attached hydrogens (primary N) is 1. The first-order valence-corrected chi connectivity index (χ1v) is 6.07. The van der Waals surface area contributed by atoms with E-state index in [1.165, 1.54) is 6.07 Å². The maximum absolute atomic E-state index is 12.7. The minimum absolute atomic E-state index is 0.0204. The number of halogens is 3. The Balaban J connectivity index is 3.13. The predicted octanol–water partition coefficient (Wildman–Crippen LogP) is 1.77. The minimum atomic E-state index is -4.47. The topological polar surface area (TPSA) is 62.4 Å². The first-order chi connectivity index (χ1) is 8.93. The molecule has 4 nitrogen and oxygen atoms in total. The van der Waals surface area contributed by atoms with Gasteiger partial charge in [-0.05, 0) is 19.4 Å². The maximum atomic E-state index is 12.7. The van der Waals surface area contributed by atoms with Gasteiger partial charge in [-0.15, -0.1) is 0 Å². The standard InChI is InChI=1S/C12H18F3N3O/c1-2-18(6-3-7-19)11-9(8-16)4-5-10(17-11)12(13,14)15/h4-5,19H,2-3,6-8,16H2,1H3. The van der Waals surface area contributed by atoms with Crippen LogP contribution in [-0.2, 0) is 12.7 Å². The Morgan fingerprint density at radius 3 is 2.53 bits per heavy atom. The van der Waals surface area contributed by atoms with Crippen LogP contribution < -0.4 is 10.6 Å². The van der Waals surface area contributed by atoms with E-state index in [9.17, 15) is 13.2 Å². The van der Waals surface area contributed by atoms with E-state index in [1.807, 2.05) is 6.92 Å². The van der Waals surface area contributed by atoms with Gasteiger partial charge in [0, 0.05) is 31.8 Å². The molecule has 0 fully saturated rings. The molecule has 1 aromatic rings. The van der Waals surface area contributed by atoms with Gasteiger partial charge in [-0.25, -0.2) is 4.98 Å². The number of alkyl halides is 3. The van der Waals surface area contributed by atoms with Crippen LogP contribution in [0.25, 0.3) is 0 Å². The third-order valence-corrected chi connectivity index (χ3v) is 2.73. The second kappa shape index (κ2) is 6.72. The molecule has 7 heteroatoms. The summed E-state index contributed by atoms with van der Waals surface area (Å²) < 4.78 is 38.0. The number of pyridine rings is 1. The van der Waals surface area contributed by atoms with Crippen LogP contribution in [0.15, 0.2) is 12.1 Å². The predicted molar refractivity (Wildman–Crippen MR) is 66.7 cm³/mol. The lowest BCUT2D eigenvalue weighted by Crippen LogP contribution is -2.28. The molecule has 0 spiro atoms. The van der Waals surface area contributed by atoms with E-state index in [4.69, 9.17) is 10.8 Å². The van der Waals surface area contributed by atoms with Crippen LogP contribution in [0.2, 0.25) is 0 Å². The molecule has 1 aromatic heterocycles. The lowest BCUT2D eigenvalue weighted by atomic mass is 10.2. The molecule has 0 atom stereocenters. The molecular formula is C12H18F3N3O. The summed E-state index contributed by atoms with van der Waals surface area (Å²) >= 11 is 0. The second-order valence-corrected chi connectivity index (χ2v) is 4.04. The van der Waals surface area contributed by atoms with Crippen LogP contribution in [-0.4, -0.2) is 29.8 Å². The lowest BCUT2D eigenvalue weighted by molar-refractivity contribution is -0.141. The molecule has 19 heavy (non-hydrogen) atoms. The Labute approximate surface area is 110 Å². The van der Waals surface area contributed by atoms with Gasteiger partial charge in [0.1, 0.15) is 11.5 Å². The number of aromatic nitrogens is 1. The summed E-state index contributed by atoms with van der Waals surface area (Å²) in [7, 11) is 0. The van der Waals surface area contributed by atoms with Crippen molar-refractivity contribution >= 4 is 5.82 Å². The van der Waals surface area contributed by atoms with Crippen LogP contribution in [0, 0.1) is 0 Å². The Hall–Kier alpha value is -1.34. The molecule has 1 rings (SSSR count). The van der Waals surface area contributed by atoms with Crippen LogP contribution in [0.3, 0.4) is 0 Å². The van der Waals surface area contributed by atoms with Crippen LogP contribution >= 0.6 is 0 Å². The van der Waals surface area contributed by atoms with Crippen molar-refractivity contribution in [3.05, 3.63) is 23.4 Å². The number of anilines is 1. The highest BCUT2D eigenvalue weighted by Crippen LogP contribution is 2.30. The van der Waals surface area contributed by atoms with Crippen molar-refractivity contribution in [2.75, 3.05) is 24.6 Å². The SMILES string of the molecule is CCN(CCCO)c1nc(C(F)(F)F)ccc1CN. The monoisotopic (exact) mass is 277 g/mol. The molecule has 0 saturated carbocycles. The maximum Gasteiger partial charge on any atom is 0.433 e. The number of nitrogens with zero attached hydrogens (tertiary/aromatic N) is 2. The molecule has 0 saturated heterocycles. The van der Waals surface area contributed by atoms with Crippen molar-refractivity contribution in [2.45, 2.75) is 26.1 Å². The summed E-state index contributed by atoms with van der Waals surface area (Å²) in [6.07, 6.45) is -4.01. The molecule has 0 amide bonds.